The van der Waals surface area contributed by atoms with E-state index in [0.29, 0.717) is 15.2 Å². The topological polar surface area (TPSA) is 49.7 Å². The van der Waals surface area contributed by atoms with Crippen molar-refractivity contribution < 1.29 is 21.6 Å². The fourth-order valence-electron chi connectivity index (χ4n) is 3.37. The van der Waals surface area contributed by atoms with Crippen molar-refractivity contribution in [1.82, 2.24) is 0 Å². The molecule has 4 nitrogen and oxygen atoms in total. The molecule has 10 heteroatoms. The lowest BCUT2D eigenvalue weighted by molar-refractivity contribution is 0.577. The first-order valence-corrected chi connectivity index (χ1v) is 11.9. The highest BCUT2D eigenvalue weighted by molar-refractivity contribution is 9.10. The average Bonchev–Trinajstić information content (AvgIpc) is 3.06. The summed E-state index contributed by atoms with van der Waals surface area (Å²) in [5.74, 6) is -1.94. The van der Waals surface area contributed by atoms with E-state index in [4.69, 9.17) is 0 Å². The highest BCUT2D eigenvalue weighted by Gasteiger charge is 2.47. The second-order valence-corrected chi connectivity index (χ2v) is 10.6. The minimum Gasteiger partial charge on any atom is -0.312 e. The number of halogens is 4. The van der Waals surface area contributed by atoms with Crippen molar-refractivity contribution in [2.24, 2.45) is 4.99 Å². The Kier molecular flexibility index (Phi) is 5.22. The molecule has 2 aliphatic heterocycles. The third-order valence-electron chi connectivity index (χ3n) is 4.65. The van der Waals surface area contributed by atoms with Gasteiger partial charge < -0.3 is 4.90 Å². The van der Waals surface area contributed by atoms with Gasteiger partial charge in [0, 0.05) is 16.3 Å². The lowest BCUT2D eigenvalue weighted by Gasteiger charge is -2.26. The monoisotopic (exact) mass is 490 g/mol. The van der Waals surface area contributed by atoms with E-state index in [0.717, 1.165) is 12.1 Å². The Labute approximate surface area is 172 Å². The molecule has 2 aromatic rings. The summed E-state index contributed by atoms with van der Waals surface area (Å²) in [4.78, 5) is 5.97. The van der Waals surface area contributed by atoms with Crippen LogP contribution in [0.25, 0.3) is 0 Å². The van der Waals surface area contributed by atoms with Crippen LogP contribution in [0.1, 0.15) is 5.56 Å². The fraction of sp³-hybridized carbons (Fsp3) is 0.278. The van der Waals surface area contributed by atoms with Crippen LogP contribution in [0.3, 0.4) is 0 Å². The van der Waals surface area contributed by atoms with Gasteiger partial charge in [0.2, 0.25) is 0 Å². The predicted octanol–water partition coefficient (Wildman–Crippen LogP) is 4.14. The lowest BCUT2D eigenvalue weighted by Crippen LogP contribution is -2.39. The number of anilines is 1. The molecule has 2 atom stereocenters. The van der Waals surface area contributed by atoms with Crippen molar-refractivity contribution in [2.75, 3.05) is 16.4 Å². The van der Waals surface area contributed by atoms with Crippen molar-refractivity contribution in [2.45, 2.75) is 17.8 Å². The van der Waals surface area contributed by atoms with Crippen LogP contribution in [0.15, 0.2) is 45.9 Å². The number of rotatable bonds is 3. The summed E-state index contributed by atoms with van der Waals surface area (Å²) >= 11 is 4.40. The molecule has 0 spiro atoms. The van der Waals surface area contributed by atoms with Crippen molar-refractivity contribution >= 4 is 48.4 Å². The molecule has 0 radical (unpaired) electrons. The molecule has 1 saturated heterocycles. The lowest BCUT2D eigenvalue weighted by atomic mass is 10.1. The Morgan fingerprint density at radius 1 is 1.11 bits per heavy atom. The van der Waals surface area contributed by atoms with Crippen LogP contribution in [-0.4, -0.2) is 37.2 Å². The summed E-state index contributed by atoms with van der Waals surface area (Å²) in [6, 6.07) is 6.77. The van der Waals surface area contributed by atoms with E-state index in [-0.39, 0.29) is 28.8 Å². The van der Waals surface area contributed by atoms with E-state index in [2.05, 4.69) is 20.9 Å². The average molecular weight is 491 g/mol. The van der Waals surface area contributed by atoms with Crippen LogP contribution < -0.4 is 4.90 Å². The molecule has 0 aliphatic carbocycles. The molecule has 0 bridgehead atoms. The first kappa shape index (κ1) is 19.8. The molecule has 28 heavy (non-hydrogen) atoms. The second-order valence-electron chi connectivity index (χ2n) is 6.61. The van der Waals surface area contributed by atoms with Gasteiger partial charge in [0.25, 0.3) is 0 Å². The molecule has 0 aromatic heterocycles. The van der Waals surface area contributed by atoms with Gasteiger partial charge in [-0.05, 0) is 29.8 Å². The molecule has 0 saturated carbocycles. The molecular weight excluding hydrogens is 477 g/mol. The molecule has 148 valence electrons. The zero-order valence-electron chi connectivity index (χ0n) is 14.3. The SMILES string of the molecule is O=S1(=O)C[C@@H]2N=C(SCc3ccc(Br)cc3F)N(c3ccc(F)cc3F)[C@H]2C1. The van der Waals surface area contributed by atoms with E-state index in [1.807, 2.05) is 0 Å². The summed E-state index contributed by atoms with van der Waals surface area (Å²) in [6.07, 6.45) is 0. The largest absolute Gasteiger partial charge is 0.312 e. The van der Waals surface area contributed by atoms with E-state index in [1.165, 1.54) is 28.8 Å². The number of hydrogen-bond donors (Lipinski definition) is 0. The van der Waals surface area contributed by atoms with E-state index in [1.54, 1.807) is 12.1 Å². The number of nitrogens with zero attached hydrogens (tertiary/aromatic N) is 2. The first-order valence-electron chi connectivity index (χ1n) is 8.33. The highest BCUT2D eigenvalue weighted by Crippen LogP contribution is 2.37. The minimum absolute atomic E-state index is 0.0635. The Hall–Kier alpha value is -1.52. The maximum Gasteiger partial charge on any atom is 0.164 e. The zero-order chi connectivity index (χ0) is 20.1. The Morgan fingerprint density at radius 2 is 1.89 bits per heavy atom. The number of amidine groups is 1. The van der Waals surface area contributed by atoms with Crippen molar-refractivity contribution in [1.29, 1.82) is 0 Å². The van der Waals surface area contributed by atoms with Gasteiger partial charge in [-0.2, -0.15) is 0 Å². The van der Waals surface area contributed by atoms with Crippen LogP contribution in [-0.2, 0) is 15.6 Å². The molecule has 0 N–H and O–H groups in total. The predicted molar refractivity (Wildman–Crippen MR) is 108 cm³/mol. The van der Waals surface area contributed by atoms with Crippen LogP contribution in [0.4, 0.5) is 18.9 Å². The van der Waals surface area contributed by atoms with Crippen LogP contribution in [0.2, 0.25) is 0 Å². The molecule has 4 rings (SSSR count). The fourth-order valence-corrected chi connectivity index (χ4v) is 6.65. The van der Waals surface area contributed by atoms with Gasteiger partial charge in [0.15, 0.2) is 15.0 Å². The normalized spacial score (nSPS) is 23.0. The maximum absolute atomic E-state index is 14.4. The molecule has 1 fully saturated rings. The molecule has 0 unspecified atom stereocenters. The number of hydrogen-bond acceptors (Lipinski definition) is 5. The standard InChI is InChI=1S/C18H14BrF3N2O2S2/c19-11-2-1-10(13(21)5-11)7-27-18-23-15-8-28(25,26)9-17(15)24(18)16-4-3-12(20)6-14(16)22/h1-6,15,17H,7-9H2/t15-,17-/m0/s1. The third-order valence-corrected chi connectivity index (χ3v) is 7.86. The van der Waals surface area contributed by atoms with E-state index < -0.39 is 33.6 Å². The summed E-state index contributed by atoms with van der Waals surface area (Å²) in [5.41, 5.74) is 0.508. The Balaban J connectivity index is 1.65. The van der Waals surface area contributed by atoms with Gasteiger partial charge in [-0.1, -0.05) is 33.8 Å². The Morgan fingerprint density at radius 3 is 2.61 bits per heavy atom. The second kappa shape index (κ2) is 7.38. The van der Waals surface area contributed by atoms with Gasteiger partial charge in [0.05, 0.1) is 29.3 Å². The van der Waals surface area contributed by atoms with Gasteiger partial charge in [-0.15, -0.1) is 0 Å². The summed E-state index contributed by atoms with van der Waals surface area (Å²) in [7, 11) is -3.29. The molecular formula is C18H14BrF3N2O2S2. The first-order chi connectivity index (χ1) is 13.2. The molecule has 2 heterocycles. The number of benzene rings is 2. The molecule has 2 aliphatic rings. The smallest absolute Gasteiger partial charge is 0.164 e. The van der Waals surface area contributed by atoms with Crippen LogP contribution in [0.5, 0.6) is 0 Å². The van der Waals surface area contributed by atoms with Crippen molar-refractivity contribution in [3.8, 4) is 0 Å². The van der Waals surface area contributed by atoms with Crippen LogP contribution in [0, 0.1) is 17.5 Å². The minimum atomic E-state index is -3.29. The quantitative estimate of drug-likeness (QED) is 0.648. The van der Waals surface area contributed by atoms with E-state index in [9.17, 15) is 21.6 Å². The van der Waals surface area contributed by atoms with Crippen LogP contribution >= 0.6 is 27.7 Å². The van der Waals surface area contributed by atoms with E-state index >= 15 is 0 Å². The maximum atomic E-state index is 14.4. The summed E-state index contributed by atoms with van der Waals surface area (Å²) in [5, 5.41) is 0.401. The highest BCUT2D eigenvalue weighted by atomic mass is 79.9. The van der Waals surface area contributed by atoms with Gasteiger partial charge in [-0.3, -0.25) is 4.99 Å². The van der Waals surface area contributed by atoms with Crippen molar-refractivity contribution in [3.63, 3.8) is 0 Å². The number of fused-ring (bicyclic) bond motifs is 1. The number of sulfone groups is 1. The Bertz CT molecular complexity index is 1080. The van der Waals surface area contributed by atoms with Gasteiger partial charge in [-0.25, -0.2) is 21.6 Å². The van der Waals surface area contributed by atoms with Gasteiger partial charge in [0.1, 0.15) is 17.5 Å². The van der Waals surface area contributed by atoms with Gasteiger partial charge >= 0.3 is 0 Å². The molecule has 2 aromatic carbocycles. The summed E-state index contributed by atoms with van der Waals surface area (Å²) in [6.45, 7) is 0. The molecule has 0 amide bonds. The summed E-state index contributed by atoms with van der Waals surface area (Å²) < 4.78 is 66.5. The zero-order valence-corrected chi connectivity index (χ0v) is 17.5. The number of aliphatic imine (C=N–C) groups is 1. The number of thioether (sulfide) groups is 1. The van der Waals surface area contributed by atoms with Crippen molar-refractivity contribution in [3.05, 3.63) is 63.9 Å². The third kappa shape index (κ3) is 3.81.